The Bertz CT molecular complexity index is 604. The van der Waals surface area contributed by atoms with Gasteiger partial charge in [-0.3, -0.25) is 0 Å². The Labute approximate surface area is 134 Å². The molecule has 2 aromatic rings. The fraction of sp³-hybridized carbons (Fsp3) is 0.375. The zero-order valence-electron chi connectivity index (χ0n) is 12.2. The molecule has 0 spiro atoms. The molecular weight excluding hydrogens is 298 g/mol. The summed E-state index contributed by atoms with van der Waals surface area (Å²) in [6.45, 7) is 2.28. The number of thioether (sulfide) groups is 2. The van der Waals surface area contributed by atoms with Crippen molar-refractivity contribution in [2.45, 2.75) is 17.4 Å². The number of aromatic nitrogens is 2. The Balaban J connectivity index is 2.01. The van der Waals surface area contributed by atoms with Crippen LogP contribution in [0.2, 0.25) is 0 Å². The molecule has 0 bridgehead atoms. The minimum Gasteiger partial charge on any atom is -0.373 e. The molecule has 0 radical (unpaired) electrons. The number of hydrogen-bond donors (Lipinski definition) is 1. The van der Waals surface area contributed by atoms with Crippen LogP contribution < -0.4 is 5.32 Å². The summed E-state index contributed by atoms with van der Waals surface area (Å²) in [5.41, 5.74) is 2.13. The molecule has 2 unspecified atom stereocenters. The van der Waals surface area contributed by atoms with Crippen molar-refractivity contribution in [2.24, 2.45) is 0 Å². The lowest BCUT2D eigenvalue weighted by molar-refractivity contribution is 0.826. The zero-order valence-corrected chi connectivity index (χ0v) is 13.9. The van der Waals surface area contributed by atoms with E-state index in [2.05, 4.69) is 24.4 Å². The van der Waals surface area contributed by atoms with Crippen molar-refractivity contribution in [1.29, 1.82) is 0 Å². The minimum atomic E-state index is 0.375. The molecule has 1 saturated heterocycles. The van der Waals surface area contributed by atoms with E-state index < -0.39 is 0 Å². The van der Waals surface area contributed by atoms with Crippen LogP contribution >= 0.6 is 23.5 Å². The van der Waals surface area contributed by atoms with Gasteiger partial charge in [0, 0.05) is 35.4 Å². The standard InChI is InChI=1S/C16H19N3S2/c1-11-15(21-9-8-20-11)16-18-13(10-14(17-2)19-16)12-6-4-3-5-7-12/h3-7,10-11,15H,8-9H2,1-2H3,(H,17,18,19). The molecule has 5 heteroatoms. The Morgan fingerprint density at radius 2 is 1.86 bits per heavy atom. The van der Waals surface area contributed by atoms with Gasteiger partial charge in [0.15, 0.2) is 0 Å². The molecule has 3 rings (SSSR count). The van der Waals surface area contributed by atoms with E-state index in [1.165, 1.54) is 11.5 Å². The maximum atomic E-state index is 4.84. The summed E-state index contributed by atoms with van der Waals surface area (Å²) in [4.78, 5) is 9.54. The Hall–Kier alpha value is -1.20. The van der Waals surface area contributed by atoms with E-state index in [4.69, 9.17) is 9.97 Å². The Kier molecular flexibility index (Phi) is 4.70. The van der Waals surface area contributed by atoms with E-state index in [0.29, 0.717) is 10.5 Å². The predicted molar refractivity (Wildman–Crippen MR) is 94.1 cm³/mol. The summed E-state index contributed by atoms with van der Waals surface area (Å²) in [5.74, 6) is 4.24. The summed E-state index contributed by atoms with van der Waals surface area (Å²) in [6, 6.07) is 12.3. The lowest BCUT2D eigenvalue weighted by atomic mass is 10.1. The fourth-order valence-electron chi connectivity index (χ4n) is 2.39. The van der Waals surface area contributed by atoms with Crippen molar-refractivity contribution in [3.05, 3.63) is 42.2 Å². The van der Waals surface area contributed by atoms with Gasteiger partial charge in [0.2, 0.25) is 0 Å². The zero-order chi connectivity index (χ0) is 14.7. The van der Waals surface area contributed by atoms with Gasteiger partial charge in [-0.05, 0) is 0 Å². The van der Waals surface area contributed by atoms with Crippen LogP contribution in [-0.4, -0.2) is 33.8 Å². The van der Waals surface area contributed by atoms with E-state index in [0.717, 1.165) is 22.9 Å². The average molecular weight is 317 g/mol. The quantitative estimate of drug-likeness (QED) is 0.923. The third-order valence-electron chi connectivity index (χ3n) is 3.51. The molecule has 0 aliphatic carbocycles. The molecule has 110 valence electrons. The highest BCUT2D eigenvalue weighted by molar-refractivity contribution is 8.06. The first-order chi connectivity index (χ1) is 10.3. The van der Waals surface area contributed by atoms with Crippen LogP contribution in [0.5, 0.6) is 0 Å². The van der Waals surface area contributed by atoms with Crippen LogP contribution in [0.25, 0.3) is 11.3 Å². The first kappa shape index (κ1) is 14.7. The summed E-state index contributed by atoms with van der Waals surface area (Å²) in [7, 11) is 1.91. The predicted octanol–water partition coefficient (Wildman–Crippen LogP) is 4.09. The highest BCUT2D eigenvalue weighted by Gasteiger charge is 2.27. The number of benzene rings is 1. The van der Waals surface area contributed by atoms with E-state index in [9.17, 15) is 0 Å². The van der Waals surface area contributed by atoms with E-state index >= 15 is 0 Å². The largest absolute Gasteiger partial charge is 0.373 e. The molecule has 1 fully saturated rings. The Morgan fingerprint density at radius 3 is 2.57 bits per heavy atom. The maximum Gasteiger partial charge on any atom is 0.145 e. The second-order valence-electron chi connectivity index (χ2n) is 4.98. The molecule has 1 aromatic heterocycles. The smallest absolute Gasteiger partial charge is 0.145 e. The third-order valence-corrected chi connectivity index (χ3v) is 6.60. The van der Waals surface area contributed by atoms with Gasteiger partial charge in [0.05, 0.1) is 10.9 Å². The fourth-order valence-corrected chi connectivity index (χ4v) is 5.08. The van der Waals surface area contributed by atoms with Crippen molar-refractivity contribution in [1.82, 2.24) is 9.97 Å². The molecular formula is C16H19N3S2. The van der Waals surface area contributed by atoms with Crippen molar-refractivity contribution < 1.29 is 0 Å². The molecule has 0 amide bonds. The number of nitrogens with one attached hydrogen (secondary N) is 1. The summed E-state index contributed by atoms with van der Waals surface area (Å²) in [5, 5.41) is 4.09. The van der Waals surface area contributed by atoms with Gasteiger partial charge in [0.25, 0.3) is 0 Å². The number of nitrogens with zero attached hydrogens (tertiary/aromatic N) is 2. The van der Waals surface area contributed by atoms with Crippen LogP contribution in [0, 0.1) is 0 Å². The Morgan fingerprint density at radius 1 is 1.10 bits per heavy atom. The topological polar surface area (TPSA) is 37.8 Å². The highest BCUT2D eigenvalue weighted by atomic mass is 32.2. The van der Waals surface area contributed by atoms with Crippen LogP contribution in [0.15, 0.2) is 36.4 Å². The first-order valence-electron chi connectivity index (χ1n) is 7.13. The number of anilines is 1. The molecule has 3 nitrogen and oxygen atoms in total. The van der Waals surface area contributed by atoms with Crippen molar-refractivity contribution in [3.8, 4) is 11.3 Å². The van der Waals surface area contributed by atoms with Gasteiger partial charge in [-0.25, -0.2) is 9.97 Å². The van der Waals surface area contributed by atoms with Crippen molar-refractivity contribution in [3.63, 3.8) is 0 Å². The molecule has 1 aromatic carbocycles. The molecule has 21 heavy (non-hydrogen) atoms. The lowest BCUT2D eigenvalue weighted by Crippen LogP contribution is -2.18. The molecule has 2 heterocycles. The lowest BCUT2D eigenvalue weighted by Gasteiger charge is -2.27. The van der Waals surface area contributed by atoms with Crippen molar-refractivity contribution in [2.75, 3.05) is 23.9 Å². The number of hydrogen-bond acceptors (Lipinski definition) is 5. The van der Waals surface area contributed by atoms with Gasteiger partial charge in [-0.2, -0.15) is 11.8 Å². The summed E-state index contributed by atoms with van der Waals surface area (Å²) >= 11 is 3.99. The molecule has 2 atom stereocenters. The van der Waals surface area contributed by atoms with Gasteiger partial charge in [0.1, 0.15) is 11.6 Å². The van der Waals surface area contributed by atoms with Gasteiger partial charge in [-0.1, -0.05) is 37.3 Å². The van der Waals surface area contributed by atoms with E-state index in [-0.39, 0.29) is 0 Å². The second kappa shape index (κ2) is 6.71. The minimum absolute atomic E-state index is 0.375. The molecule has 1 aliphatic heterocycles. The average Bonchev–Trinajstić information content (AvgIpc) is 2.55. The highest BCUT2D eigenvalue weighted by Crippen LogP contribution is 2.41. The molecule has 1 N–H and O–H groups in total. The van der Waals surface area contributed by atoms with E-state index in [1.807, 2.05) is 54.8 Å². The normalized spacial score (nSPS) is 22.0. The van der Waals surface area contributed by atoms with Crippen LogP contribution in [0.3, 0.4) is 0 Å². The summed E-state index contributed by atoms with van der Waals surface area (Å²) in [6.07, 6.45) is 0. The van der Waals surface area contributed by atoms with Crippen LogP contribution in [0.4, 0.5) is 5.82 Å². The first-order valence-corrected chi connectivity index (χ1v) is 9.23. The number of rotatable bonds is 3. The van der Waals surface area contributed by atoms with Gasteiger partial charge >= 0.3 is 0 Å². The molecule has 1 aliphatic rings. The summed E-state index contributed by atoms with van der Waals surface area (Å²) < 4.78 is 0. The second-order valence-corrected chi connectivity index (χ2v) is 7.71. The van der Waals surface area contributed by atoms with Gasteiger partial charge < -0.3 is 5.32 Å². The van der Waals surface area contributed by atoms with Crippen LogP contribution in [0.1, 0.15) is 18.0 Å². The van der Waals surface area contributed by atoms with E-state index in [1.54, 1.807) is 0 Å². The maximum absolute atomic E-state index is 4.84. The molecule has 0 saturated carbocycles. The van der Waals surface area contributed by atoms with Gasteiger partial charge in [-0.15, -0.1) is 11.8 Å². The SMILES string of the molecule is CNc1cc(-c2ccccc2)nc(C2SCCSC2C)n1. The monoisotopic (exact) mass is 317 g/mol. The van der Waals surface area contributed by atoms with Crippen LogP contribution in [-0.2, 0) is 0 Å². The third kappa shape index (κ3) is 3.35. The van der Waals surface area contributed by atoms with Crippen molar-refractivity contribution >= 4 is 29.3 Å².